The first-order valence-corrected chi connectivity index (χ1v) is 7.88. The number of aromatic hydroxyl groups is 1. The van der Waals surface area contributed by atoms with E-state index in [9.17, 15) is 5.11 Å². The van der Waals surface area contributed by atoms with Crippen LogP contribution in [0.25, 0.3) is 0 Å². The van der Waals surface area contributed by atoms with Crippen LogP contribution in [0.3, 0.4) is 0 Å². The average Bonchev–Trinajstić information content (AvgIpc) is 2.39. The van der Waals surface area contributed by atoms with Gasteiger partial charge in [0.2, 0.25) is 0 Å². The van der Waals surface area contributed by atoms with E-state index in [1.54, 1.807) is 0 Å². The predicted molar refractivity (Wildman–Crippen MR) is 78.6 cm³/mol. The fraction of sp³-hybridized carbons (Fsp3) is 0.647. The lowest BCUT2D eigenvalue weighted by atomic mass is 9.86. The van der Waals surface area contributed by atoms with Crippen LogP contribution < -0.4 is 0 Å². The molecule has 0 bridgehead atoms. The number of phenols is 1. The Kier molecular flexibility index (Phi) is 4.07. The van der Waals surface area contributed by atoms with Crippen LogP contribution in [0.15, 0.2) is 18.2 Å². The summed E-state index contributed by atoms with van der Waals surface area (Å²) in [5.41, 5.74) is 2.57. The van der Waals surface area contributed by atoms with Crippen molar-refractivity contribution >= 4 is 0 Å². The summed E-state index contributed by atoms with van der Waals surface area (Å²) in [5, 5.41) is 10.1. The van der Waals surface area contributed by atoms with Gasteiger partial charge in [0.15, 0.2) is 0 Å². The van der Waals surface area contributed by atoms with Gasteiger partial charge in [-0.1, -0.05) is 31.4 Å². The maximum Gasteiger partial charge on any atom is 0.119 e. The van der Waals surface area contributed by atoms with Crippen molar-refractivity contribution in [3.8, 4) is 5.75 Å². The van der Waals surface area contributed by atoms with Crippen molar-refractivity contribution in [1.82, 2.24) is 4.90 Å². The molecule has 2 aliphatic rings. The van der Waals surface area contributed by atoms with Crippen molar-refractivity contribution in [2.45, 2.75) is 57.4 Å². The molecular weight excluding hydrogens is 234 g/mol. The Balaban J connectivity index is 1.71. The lowest BCUT2D eigenvalue weighted by molar-refractivity contribution is 0.163. The van der Waals surface area contributed by atoms with E-state index in [4.69, 9.17) is 0 Å². The maximum atomic E-state index is 10.1. The summed E-state index contributed by atoms with van der Waals surface area (Å²) in [6.45, 7) is 2.52. The second kappa shape index (κ2) is 5.96. The smallest absolute Gasteiger partial charge is 0.119 e. The number of rotatable bonds is 1. The fourth-order valence-corrected chi connectivity index (χ4v) is 3.70. The molecule has 0 spiro atoms. The van der Waals surface area contributed by atoms with Gasteiger partial charge < -0.3 is 10.0 Å². The molecule has 2 nitrogen and oxygen atoms in total. The quantitative estimate of drug-likeness (QED) is 0.834. The lowest BCUT2D eigenvalue weighted by Gasteiger charge is -2.36. The number of nitrogens with zero attached hydrogens (tertiary/aromatic N) is 1. The summed E-state index contributed by atoms with van der Waals surface area (Å²) in [6.07, 6.45) is 10.3. The van der Waals surface area contributed by atoms with Crippen LogP contribution >= 0.6 is 0 Å². The Morgan fingerprint density at radius 3 is 2.53 bits per heavy atom. The first kappa shape index (κ1) is 13.0. The van der Waals surface area contributed by atoms with Crippen LogP contribution in [-0.4, -0.2) is 29.1 Å². The largest absolute Gasteiger partial charge is 0.508 e. The van der Waals surface area contributed by atoms with Gasteiger partial charge >= 0.3 is 0 Å². The molecule has 1 aliphatic heterocycles. The van der Waals surface area contributed by atoms with E-state index in [0.29, 0.717) is 11.8 Å². The molecule has 0 amide bonds. The highest BCUT2D eigenvalue weighted by Gasteiger charge is 2.25. The second-order valence-corrected chi connectivity index (χ2v) is 6.12. The van der Waals surface area contributed by atoms with E-state index in [1.807, 2.05) is 12.1 Å². The Labute approximate surface area is 116 Å². The molecule has 3 rings (SSSR count). The zero-order chi connectivity index (χ0) is 13.1. The van der Waals surface area contributed by atoms with Crippen LogP contribution in [0.4, 0.5) is 0 Å². The van der Waals surface area contributed by atoms with E-state index >= 15 is 0 Å². The summed E-state index contributed by atoms with van der Waals surface area (Å²) in [4.78, 5) is 2.69. The van der Waals surface area contributed by atoms with Crippen molar-refractivity contribution in [3.63, 3.8) is 0 Å². The maximum absolute atomic E-state index is 10.1. The first-order chi connectivity index (χ1) is 9.34. The molecule has 104 valence electrons. The summed E-state index contributed by atoms with van der Waals surface area (Å²) < 4.78 is 0. The Morgan fingerprint density at radius 1 is 1.00 bits per heavy atom. The third-order valence-electron chi connectivity index (χ3n) is 4.84. The van der Waals surface area contributed by atoms with Crippen molar-refractivity contribution < 1.29 is 5.11 Å². The van der Waals surface area contributed by atoms with E-state index < -0.39 is 0 Å². The van der Waals surface area contributed by atoms with Gasteiger partial charge in [-0.3, -0.25) is 0 Å². The van der Waals surface area contributed by atoms with E-state index in [2.05, 4.69) is 11.0 Å². The van der Waals surface area contributed by atoms with Crippen LogP contribution in [-0.2, 0) is 12.8 Å². The van der Waals surface area contributed by atoms with Gasteiger partial charge in [0, 0.05) is 6.04 Å². The standard InChI is InChI=1S/C17H25NO/c19-17-8-6-7-14-9-10-15(13-16(14)17)18-11-4-2-1-3-5-12-18/h6-8,15,19H,1-5,9-13H2. The Morgan fingerprint density at radius 2 is 1.74 bits per heavy atom. The minimum atomic E-state index is 0.509. The van der Waals surface area contributed by atoms with E-state index in [0.717, 1.165) is 12.8 Å². The topological polar surface area (TPSA) is 23.5 Å². The molecule has 1 aliphatic carbocycles. The molecule has 1 aromatic carbocycles. The minimum Gasteiger partial charge on any atom is -0.508 e. The molecule has 2 heteroatoms. The molecule has 19 heavy (non-hydrogen) atoms. The molecule has 1 N–H and O–H groups in total. The summed E-state index contributed by atoms with van der Waals surface area (Å²) in [7, 11) is 0. The minimum absolute atomic E-state index is 0.509. The molecular formula is C17H25NO. The molecule has 1 unspecified atom stereocenters. The van der Waals surface area contributed by atoms with Gasteiger partial charge in [0.1, 0.15) is 5.75 Å². The number of aryl methyl sites for hydroxylation is 1. The molecule has 1 atom stereocenters. The van der Waals surface area contributed by atoms with Gasteiger partial charge in [0.05, 0.1) is 0 Å². The number of likely N-dealkylation sites (tertiary alicyclic amines) is 1. The average molecular weight is 259 g/mol. The highest BCUT2D eigenvalue weighted by Crippen LogP contribution is 2.31. The van der Waals surface area contributed by atoms with E-state index in [-0.39, 0.29) is 0 Å². The highest BCUT2D eigenvalue weighted by atomic mass is 16.3. The Hall–Kier alpha value is -1.02. The number of hydrogen-bond acceptors (Lipinski definition) is 2. The number of hydrogen-bond donors (Lipinski definition) is 1. The van der Waals surface area contributed by atoms with E-state index in [1.165, 1.54) is 62.7 Å². The lowest BCUT2D eigenvalue weighted by Crippen LogP contribution is -2.41. The third kappa shape index (κ3) is 2.94. The zero-order valence-electron chi connectivity index (χ0n) is 11.8. The Bertz CT molecular complexity index is 421. The normalized spacial score (nSPS) is 25.4. The molecule has 0 aromatic heterocycles. The summed E-state index contributed by atoms with van der Waals surface area (Å²) >= 11 is 0. The van der Waals surface area contributed by atoms with Crippen LogP contribution in [0.1, 0.15) is 49.7 Å². The number of phenolic OH excluding ortho intramolecular Hbond substituents is 1. The summed E-state index contributed by atoms with van der Waals surface area (Å²) in [5.74, 6) is 0.509. The van der Waals surface area contributed by atoms with Crippen LogP contribution in [0.5, 0.6) is 5.75 Å². The van der Waals surface area contributed by atoms with Crippen molar-refractivity contribution in [3.05, 3.63) is 29.3 Å². The summed E-state index contributed by atoms with van der Waals surface area (Å²) in [6, 6.07) is 6.65. The fourth-order valence-electron chi connectivity index (χ4n) is 3.70. The second-order valence-electron chi connectivity index (χ2n) is 6.12. The molecule has 1 heterocycles. The SMILES string of the molecule is Oc1cccc2c1CC(N1CCCCCCC1)CC2. The molecule has 1 saturated heterocycles. The van der Waals surface area contributed by atoms with Gasteiger partial charge in [-0.2, -0.15) is 0 Å². The molecule has 0 radical (unpaired) electrons. The number of benzene rings is 1. The van der Waals surface area contributed by atoms with Crippen LogP contribution in [0.2, 0.25) is 0 Å². The number of fused-ring (bicyclic) bond motifs is 1. The first-order valence-electron chi connectivity index (χ1n) is 7.88. The van der Waals surface area contributed by atoms with Gasteiger partial charge in [0.25, 0.3) is 0 Å². The molecule has 1 aromatic rings. The predicted octanol–water partition coefficient (Wildman–Crippen LogP) is 3.52. The third-order valence-corrected chi connectivity index (χ3v) is 4.84. The van der Waals surface area contributed by atoms with Crippen molar-refractivity contribution in [1.29, 1.82) is 0 Å². The molecule has 0 saturated carbocycles. The van der Waals surface area contributed by atoms with Crippen molar-refractivity contribution in [2.24, 2.45) is 0 Å². The highest BCUT2D eigenvalue weighted by molar-refractivity contribution is 5.41. The van der Waals surface area contributed by atoms with Crippen LogP contribution in [0, 0.1) is 0 Å². The zero-order valence-corrected chi connectivity index (χ0v) is 11.8. The van der Waals surface area contributed by atoms with Crippen molar-refractivity contribution in [2.75, 3.05) is 13.1 Å². The van der Waals surface area contributed by atoms with Gasteiger partial charge in [-0.05, 0) is 62.4 Å². The molecule has 1 fully saturated rings. The van der Waals surface area contributed by atoms with Gasteiger partial charge in [-0.15, -0.1) is 0 Å². The monoisotopic (exact) mass is 259 g/mol. The van der Waals surface area contributed by atoms with Gasteiger partial charge in [-0.25, -0.2) is 0 Å².